The Kier molecular flexibility index (Phi) is 9.38. The molecule has 1 saturated carbocycles. The van der Waals surface area contributed by atoms with Gasteiger partial charge in [0, 0.05) is 0 Å². The van der Waals surface area contributed by atoms with Gasteiger partial charge in [-0.15, -0.1) is 0 Å². The summed E-state index contributed by atoms with van der Waals surface area (Å²) in [4.78, 5) is 0. The molecule has 1 aromatic heterocycles. The van der Waals surface area contributed by atoms with Crippen LogP contribution in [0, 0.1) is 11.8 Å². The molecule has 0 aromatic carbocycles. The topological polar surface area (TPSA) is 25.8 Å². The lowest BCUT2D eigenvalue weighted by Crippen LogP contribution is -2.15. The van der Waals surface area contributed by atoms with Crippen LogP contribution in [0.15, 0.2) is 12.1 Å². The summed E-state index contributed by atoms with van der Waals surface area (Å²) in [6.45, 7) is 4.55. The molecule has 0 atom stereocenters. The maximum atomic E-state index is 4.46. The van der Waals surface area contributed by atoms with Crippen LogP contribution < -0.4 is 0 Å². The Balaban J connectivity index is 1.62. The molecule has 1 aliphatic carbocycles. The molecule has 1 aromatic rings. The third-order valence-electron chi connectivity index (χ3n) is 5.80. The first kappa shape index (κ1) is 19.4. The smallest absolute Gasteiger partial charge is 0.0631 e. The summed E-state index contributed by atoms with van der Waals surface area (Å²) < 4.78 is 0. The minimum absolute atomic E-state index is 0.929. The van der Waals surface area contributed by atoms with Crippen LogP contribution >= 0.6 is 0 Å². The van der Waals surface area contributed by atoms with Crippen LogP contribution in [0.3, 0.4) is 0 Å². The maximum absolute atomic E-state index is 4.46. The summed E-state index contributed by atoms with van der Waals surface area (Å²) in [6.07, 6.45) is 18.9. The molecule has 0 bridgehead atoms. The fourth-order valence-electron chi connectivity index (χ4n) is 4.05. The van der Waals surface area contributed by atoms with E-state index in [1.54, 1.807) is 0 Å². The molecule has 2 rings (SSSR count). The quantitative estimate of drug-likeness (QED) is 0.431. The Bertz CT molecular complexity index is 418. The summed E-state index contributed by atoms with van der Waals surface area (Å²) in [6, 6.07) is 4.41. The van der Waals surface area contributed by atoms with Gasteiger partial charge in [-0.2, -0.15) is 10.2 Å². The van der Waals surface area contributed by atoms with E-state index in [1.165, 1.54) is 88.4 Å². The SMILES string of the molecule is CCCCCc1ccc(CCC2CCC(CCCCC)CC2)nn1. The van der Waals surface area contributed by atoms with Gasteiger partial charge in [-0.3, -0.25) is 0 Å². The number of nitrogens with zero attached hydrogens (tertiary/aromatic N) is 2. The van der Waals surface area contributed by atoms with Crippen molar-refractivity contribution in [1.29, 1.82) is 0 Å². The molecule has 1 fully saturated rings. The van der Waals surface area contributed by atoms with Gasteiger partial charge in [0.2, 0.25) is 0 Å². The standard InChI is InChI=1S/C22H38N2/c1-3-5-7-9-19-11-13-20(14-12-19)15-16-22-18-17-21(23-24-22)10-8-6-4-2/h17-20H,3-16H2,1-2H3. The number of aryl methyl sites for hydroxylation is 2. The lowest BCUT2D eigenvalue weighted by atomic mass is 9.78. The van der Waals surface area contributed by atoms with E-state index in [0.717, 1.165) is 24.7 Å². The first-order valence-corrected chi connectivity index (χ1v) is 10.6. The van der Waals surface area contributed by atoms with Crippen LogP contribution in [0.25, 0.3) is 0 Å². The molecule has 0 unspecified atom stereocenters. The molecule has 1 aliphatic rings. The van der Waals surface area contributed by atoms with E-state index >= 15 is 0 Å². The second-order valence-corrected chi connectivity index (χ2v) is 7.89. The zero-order valence-corrected chi connectivity index (χ0v) is 16.1. The fraction of sp³-hybridized carbons (Fsp3) is 0.818. The van der Waals surface area contributed by atoms with Gasteiger partial charge < -0.3 is 0 Å². The van der Waals surface area contributed by atoms with Crippen molar-refractivity contribution in [2.24, 2.45) is 11.8 Å². The second kappa shape index (κ2) is 11.6. The second-order valence-electron chi connectivity index (χ2n) is 7.89. The Morgan fingerprint density at radius 1 is 0.708 bits per heavy atom. The molecule has 0 saturated heterocycles. The highest BCUT2D eigenvalue weighted by Crippen LogP contribution is 2.34. The third kappa shape index (κ3) is 7.32. The summed E-state index contributed by atoms with van der Waals surface area (Å²) >= 11 is 0. The van der Waals surface area contributed by atoms with Crippen molar-refractivity contribution in [3.8, 4) is 0 Å². The van der Waals surface area contributed by atoms with Crippen LogP contribution in [0.1, 0.15) is 102 Å². The summed E-state index contributed by atoms with van der Waals surface area (Å²) in [5, 5.41) is 8.87. The van der Waals surface area contributed by atoms with Gasteiger partial charge in [-0.05, 0) is 49.7 Å². The van der Waals surface area contributed by atoms with Crippen LogP contribution in [0.5, 0.6) is 0 Å². The third-order valence-corrected chi connectivity index (χ3v) is 5.80. The minimum Gasteiger partial charge on any atom is -0.155 e. The van der Waals surface area contributed by atoms with Gasteiger partial charge in [0.05, 0.1) is 11.4 Å². The molecular formula is C22H38N2. The maximum Gasteiger partial charge on any atom is 0.0631 e. The number of rotatable bonds is 11. The molecule has 0 spiro atoms. The average molecular weight is 331 g/mol. The normalized spacial score (nSPS) is 21.1. The monoisotopic (exact) mass is 330 g/mol. The minimum atomic E-state index is 0.929. The van der Waals surface area contributed by atoms with E-state index in [-0.39, 0.29) is 0 Å². The van der Waals surface area contributed by atoms with Crippen molar-refractivity contribution in [2.45, 2.75) is 104 Å². The highest BCUT2D eigenvalue weighted by atomic mass is 15.1. The number of hydrogen-bond acceptors (Lipinski definition) is 2. The highest BCUT2D eigenvalue weighted by Gasteiger charge is 2.20. The molecule has 2 nitrogen and oxygen atoms in total. The van der Waals surface area contributed by atoms with Crippen molar-refractivity contribution in [3.05, 3.63) is 23.5 Å². The van der Waals surface area contributed by atoms with E-state index in [1.807, 2.05) is 0 Å². The largest absolute Gasteiger partial charge is 0.155 e. The molecule has 0 amide bonds. The summed E-state index contributed by atoms with van der Waals surface area (Å²) in [5.41, 5.74) is 2.36. The number of hydrogen-bond donors (Lipinski definition) is 0. The average Bonchev–Trinajstić information content (AvgIpc) is 2.63. The first-order valence-electron chi connectivity index (χ1n) is 10.6. The molecule has 2 heteroatoms. The molecule has 136 valence electrons. The van der Waals surface area contributed by atoms with Crippen molar-refractivity contribution in [2.75, 3.05) is 0 Å². The number of aromatic nitrogens is 2. The van der Waals surface area contributed by atoms with Crippen LogP contribution in [-0.4, -0.2) is 10.2 Å². The Hall–Kier alpha value is -0.920. The van der Waals surface area contributed by atoms with Crippen molar-refractivity contribution < 1.29 is 0 Å². The Morgan fingerprint density at radius 3 is 1.83 bits per heavy atom. The van der Waals surface area contributed by atoms with Crippen molar-refractivity contribution >= 4 is 0 Å². The Morgan fingerprint density at radius 2 is 1.25 bits per heavy atom. The molecule has 0 N–H and O–H groups in total. The van der Waals surface area contributed by atoms with Crippen LogP contribution in [0.2, 0.25) is 0 Å². The molecule has 0 aliphatic heterocycles. The van der Waals surface area contributed by atoms with Gasteiger partial charge in [0.25, 0.3) is 0 Å². The molecule has 24 heavy (non-hydrogen) atoms. The van der Waals surface area contributed by atoms with Gasteiger partial charge in [0.15, 0.2) is 0 Å². The number of unbranched alkanes of at least 4 members (excludes halogenated alkanes) is 4. The fourth-order valence-corrected chi connectivity index (χ4v) is 4.05. The van der Waals surface area contributed by atoms with E-state index < -0.39 is 0 Å². The summed E-state index contributed by atoms with van der Waals surface area (Å²) in [7, 11) is 0. The summed E-state index contributed by atoms with van der Waals surface area (Å²) in [5.74, 6) is 1.95. The zero-order chi connectivity index (χ0) is 17.0. The van der Waals surface area contributed by atoms with Gasteiger partial charge in [0.1, 0.15) is 0 Å². The first-order chi connectivity index (χ1) is 11.8. The van der Waals surface area contributed by atoms with Crippen molar-refractivity contribution in [1.82, 2.24) is 10.2 Å². The van der Waals surface area contributed by atoms with Gasteiger partial charge in [-0.1, -0.05) is 78.1 Å². The van der Waals surface area contributed by atoms with Crippen LogP contribution in [0.4, 0.5) is 0 Å². The zero-order valence-electron chi connectivity index (χ0n) is 16.1. The molecular weight excluding hydrogens is 292 g/mol. The molecule has 1 heterocycles. The molecule has 0 radical (unpaired) electrons. The lowest BCUT2D eigenvalue weighted by Gasteiger charge is -2.28. The van der Waals surface area contributed by atoms with E-state index in [4.69, 9.17) is 0 Å². The van der Waals surface area contributed by atoms with Crippen LogP contribution in [-0.2, 0) is 12.8 Å². The van der Waals surface area contributed by atoms with E-state index in [9.17, 15) is 0 Å². The van der Waals surface area contributed by atoms with Gasteiger partial charge in [-0.25, -0.2) is 0 Å². The van der Waals surface area contributed by atoms with E-state index in [0.29, 0.717) is 0 Å². The predicted octanol–water partition coefficient (Wildman–Crippen LogP) is 6.53. The van der Waals surface area contributed by atoms with Gasteiger partial charge >= 0.3 is 0 Å². The Labute approximate surface area is 149 Å². The predicted molar refractivity (Wildman–Crippen MR) is 103 cm³/mol. The van der Waals surface area contributed by atoms with Crippen molar-refractivity contribution in [3.63, 3.8) is 0 Å². The van der Waals surface area contributed by atoms with E-state index in [2.05, 4.69) is 36.2 Å². The highest BCUT2D eigenvalue weighted by molar-refractivity contribution is 5.07. The lowest BCUT2D eigenvalue weighted by molar-refractivity contribution is 0.248.